The molecule has 1 nitrogen and oxygen atoms in total. The molecule has 0 fully saturated rings. The Kier molecular flexibility index (Phi) is 6.57. The van der Waals surface area contributed by atoms with Gasteiger partial charge in [0.15, 0.2) is 0 Å². The molecule has 0 heterocycles. The van der Waals surface area contributed by atoms with Crippen LogP contribution in [0.4, 0.5) is 5.69 Å². The van der Waals surface area contributed by atoms with Gasteiger partial charge in [-0.15, -0.1) is 0 Å². The van der Waals surface area contributed by atoms with Crippen LogP contribution in [0.5, 0.6) is 0 Å². The van der Waals surface area contributed by atoms with Gasteiger partial charge in [0, 0.05) is 39.9 Å². The minimum atomic E-state index is 0.679. The van der Waals surface area contributed by atoms with E-state index in [2.05, 4.69) is 42.4 Å². The zero-order valence-electron chi connectivity index (χ0n) is 15.9. The monoisotopic (exact) mass is 359 g/mol. The van der Waals surface area contributed by atoms with Gasteiger partial charge < -0.3 is 5.73 Å². The van der Waals surface area contributed by atoms with Crippen LogP contribution < -0.4 is 5.73 Å². The lowest BCUT2D eigenvalue weighted by molar-refractivity contribution is 0.983. The van der Waals surface area contributed by atoms with Gasteiger partial charge in [0.2, 0.25) is 0 Å². The molecule has 0 saturated carbocycles. The molecule has 0 amide bonds. The minimum Gasteiger partial charge on any atom is -0.398 e. The Balaban J connectivity index is 1.94. The molecule has 3 rings (SSSR count). The molecular weight excluding hydrogens is 338 g/mol. The summed E-state index contributed by atoms with van der Waals surface area (Å²) in [5.74, 6) is 19.3. The first-order valence-electron chi connectivity index (χ1n) is 9.33. The first kappa shape index (κ1) is 18.9. The number of rotatable bonds is 1. The van der Waals surface area contributed by atoms with Crippen molar-refractivity contribution < 1.29 is 0 Å². The molecular formula is C27H21N. The predicted molar refractivity (Wildman–Crippen MR) is 117 cm³/mol. The summed E-state index contributed by atoms with van der Waals surface area (Å²) in [6, 6.07) is 23.5. The lowest BCUT2D eigenvalue weighted by Crippen LogP contribution is -1.89. The molecule has 0 radical (unpaired) electrons. The smallest absolute Gasteiger partial charge is 0.0478 e. The number of anilines is 1. The number of benzene rings is 3. The van der Waals surface area contributed by atoms with Gasteiger partial charge in [-0.3, -0.25) is 0 Å². The molecule has 0 spiro atoms. The predicted octanol–water partition coefficient (Wildman–Crippen LogP) is 5.22. The highest BCUT2D eigenvalue weighted by molar-refractivity contribution is 5.60. The maximum atomic E-state index is 5.98. The Labute approximate surface area is 167 Å². The van der Waals surface area contributed by atoms with Crippen molar-refractivity contribution >= 4 is 5.69 Å². The summed E-state index contributed by atoms with van der Waals surface area (Å²) in [6.07, 6.45) is 1.95. The zero-order valence-corrected chi connectivity index (χ0v) is 15.9. The van der Waals surface area contributed by atoms with E-state index in [1.807, 2.05) is 72.8 Å². The van der Waals surface area contributed by atoms with Crippen molar-refractivity contribution in [2.45, 2.75) is 19.8 Å². The molecule has 0 unspecified atom stereocenters. The van der Waals surface area contributed by atoms with E-state index in [4.69, 9.17) is 5.73 Å². The first-order valence-corrected chi connectivity index (χ1v) is 9.33. The molecule has 3 aromatic rings. The fourth-order valence-electron chi connectivity index (χ4n) is 2.57. The molecule has 0 bridgehead atoms. The normalized spacial score (nSPS) is 9.18. The summed E-state index contributed by atoms with van der Waals surface area (Å²) in [6.45, 7) is 2.13. The number of unbranched alkanes of at least 4 members (excludes halogenated alkanes) is 1. The maximum Gasteiger partial charge on any atom is 0.0478 e. The lowest BCUT2D eigenvalue weighted by atomic mass is 10.0. The van der Waals surface area contributed by atoms with E-state index in [0.717, 1.165) is 40.7 Å². The summed E-state index contributed by atoms with van der Waals surface area (Å²) >= 11 is 0. The molecule has 2 N–H and O–H groups in total. The molecule has 0 atom stereocenters. The molecule has 28 heavy (non-hydrogen) atoms. The Morgan fingerprint density at radius 3 is 1.43 bits per heavy atom. The average molecular weight is 359 g/mol. The van der Waals surface area contributed by atoms with Gasteiger partial charge in [-0.25, -0.2) is 0 Å². The third kappa shape index (κ3) is 5.08. The SMILES string of the molecule is CCCC#Cc1ccccc1C#Cc1ccccc1C#Cc1ccccc1N. The minimum absolute atomic E-state index is 0.679. The van der Waals surface area contributed by atoms with Gasteiger partial charge in [-0.2, -0.15) is 0 Å². The van der Waals surface area contributed by atoms with Crippen LogP contribution in [0.3, 0.4) is 0 Å². The standard InChI is InChI=1S/C27H21N/c1-2-3-4-11-22-12-5-6-13-23(22)18-19-24-14-7-8-15-25(24)20-21-26-16-9-10-17-27(26)28/h5-10,12-17H,2-3,28H2,1H3. The number of hydrogen-bond acceptors (Lipinski definition) is 1. The quantitative estimate of drug-likeness (QED) is 0.468. The van der Waals surface area contributed by atoms with E-state index in [0.29, 0.717) is 5.69 Å². The highest BCUT2D eigenvalue weighted by atomic mass is 14.5. The van der Waals surface area contributed by atoms with Crippen molar-refractivity contribution in [3.63, 3.8) is 0 Å². The summed E-state index contributed by atoms with van der Waals surface area (Å²) in [5, 5.41) is 0. The third-order valence-electron chi connectivity index (χ3n) is 4.08. The van der Waals surface area contributed by atoms with Gasteiger partial charge in [-0.1, -0.05) is 78.8 Å². The molecule has 0 aliphatic rings. The van der Waals surface area contributed by atoms with Crippen LogP contribution in [-0.4, -0.2) is 0 Å². The van der Waals surface area contributed by atoms with E-state index in [1.165, 1.54) is 0 Å². The highest BCUT2D eigenvalue weighted by Crippen LogP contribution is 2.11. The van der Waals surface area contributed by atoms with Crippen molar-refractivity contribution in [2.24, 2.45) is 0 Å². The molecule has 0 saturated heterocycles. The van der Waals surface area contributed by atoms with Crippen LogP contribution in [0, 0.1) is 35.5 Å². The molecule has 0 aromatic heterocycles. The summed E-state index contributed by atoms with van der Waals surface area (Å²) < 4.78 is 0. The van der Waals surface area contributed by atoms with Gasteiger partial charge in [0.05, 0.1) is 0 Å². The van der Waals surface area contributed by atoms with Crippen LogP contribution in [0.25, 0.3) is 0 Å². The molecule has 0 aliphatic carbocycles. The van der Waals surface area contributed by atoms with Gasteiger partial charge in [0.25, 0.3) is 0 Å². The summed E-state index contributed by atoms with van der Waals surface area (Å²) in [7, 11) is 0. The molecule has 1 heteroatoms. The van der Waals surface area contributed by atoms with Gasteiger partial charge in [0.1, 0.15) is 0 Å². The lowest BCUT2D eigenvalue weighted by Gasteiger charge is -1.98. The van der Waals surface area contributed by atoms with Gasteiger partial charge in [-0.05, 0) is 42.8 Å². The van der Waals surface area contributed by atoms with Crippen LogP contribution in [0.15, 0.2) is 72.8 Å². The average Bonchev–Trinajstić information content (AvgIpc) is 2.73. The first-order chi connectivity index (χ1) is 13.8. The van der Waals surface area contributed by atoms with Crippen LogP contribution >= 0.6 is 0 Å². The molecule has 134 valence electrons. The Hall–Kier alpha value is -3.86. The van der Waals surface area contributed by atoms with Crippen LogP contribution in [0.2, 0.25) is 0 Å². The fraction of sp³-hybridized carbons (Fsp3) is 0.111. The van der Waals surface area contributed by atoms with Crippen molar-refractivity contribution in [3.8, 4) is 35.5 Å². The van der Waals surface area contributed by atoms with Crippen molar-refractivity contribution in [2.75, 3.05) is 5.73 Å². The Bertz CT molecular complexity index is 1150. The second kappa shape index (κ2) is 9.73. The Morgan fingerprint density at radius 2 is 0.964 bits per heavy atom. The second-order valence-electron chi connectivity index (χ2n) is 6.23. The number of para-hydroxylation sites is 1. The Morgan fingerprint density at radius 1 is 0.571 bits per heavy atom. The molecule has 3 aromatic carbocycles. The topological polar surface area (TPSA) is 26.0 Å². The van der Waals surface area contributed by atoms with Crippen LogP contribution in [-0.2, 0) is 0 Å². The number of nitrogens with two attached hydrogens (primary N) is 1. The second-order valence-corrected chi connectivity index (χ2v) is 6.23. The van der Waals surface area contributed by atoms with Gasteiger partial charge >= 0.3 is 0 Å². The number of hydrogen-bond donors (Lipinski definition) is 1. The largest absolute Gasteiger partial charge is 0.398 e. The van der Waals surface area contributed by atoms with Crippen LogP contribution in [0.1, 0.15) is 47.6 Å². The number of nitrogen functional groups attached to an aromatic ring is 1. The zero-order chi connectivity index (χ0) is 19.6. The van der Waals surface area contributed by atoms with E-state index >= 15 is 0 Å². The maximum absolute atomic E-state index is 5.98. The van der Waals surface area contributed by atoms with Crippen molar-refractivity contribution in [3.05, 3.63) is 101 Å². The fourth-order valence-corrected chi connectivity index (χ4v) is 2.57. The third-order valence-corrected chi connectivity index (χ3v) is 4.08. The molecule has 0 aliphatic heterocycles. The highest BCUT2D eigenvalue weighted by Gasteiger charge is 1.98. The van der Waals surface area contributed by atoms with Crippen molar-refractivity contribution in [1.29, 1.82) is 0 Å². The summed E-state index contributed by atoms with van der Waals surface area (Å²) in [4.78, 5) is 0. The van der Waals surface area contributed by atoms with E-state index in [-0.39, 0.29) is 0 Å². The van der Waals surface area contributed by atoms with E-state index < -0.39 is 0 Å². The van der Waals surface area contributed by atoms with E-state index in [1.54, 1.807) is 0 Å². The summed E-state index contributed by atoms with van der Waals surface area (Å²) in [5.41, 5.74) is 11.1. The van der Waals surface area contributed by atoms with E-state index in [9.17, 15) is 0 Å². The van der Waals surface area contributed by atoms with Crippen molar-refractivity contribution in [1.82, 2.24) is 0 Å².